The first-order valence-corrected chi connectivity index (χ1v) is 10.1. The van der Waals surface area contributed by atoms with Crippen molar-refractivity contribution in [3.8, 4) is 0 Å². The molecular weight excluding hydrogens is 351 g/mol. The van der Waals surface area contributed by atoms with Gasteiger partial charge in [-0.3, -0.25) is 0 Å². The quantitative estimate of drug-likeness (QED) is 0.704. The van der Waals surface area contributed by atoms with Crippen LogP contribution in [0.25, 0.3) is 0 Å². The van der Waals surface area contributed by atoms with Crippen molar-refractivity contribution in [2.75, 3.05) is 7.11 Å². The van der Waals surface area contributed by atoms with Crippen molar-refractivity contribution in [1.29, 1.82) is 0 Å². The van der Waals surface area contributed by atoms with E-state index in [0.717, 1.165) is 18.4 Å². The number of benzene rings is 2. The number of hydrogen-bond donors (Lipinski definition) is 1. The number of methoxy groups -OCH3 is 1. The normalized spacial score (nSPS) is 15.1. The summed E-state index contributed by atoms with van der Waals surface area (Å²) in [5.74, 6) is 0. The fourth-order valence-electron chi connectivity index (χ4n) is 2.75. The van der Waals surface area contributed by atoms with Crippen LogP contribution in [-0.4, -0.2) is 27.2 Å². The summed E-state index contributed by atoms with van der Waals surface area (Å²) in [5.41, 5.74) is 2.31. The molecule has 0 amide bonds. The Kier molecular flexibility index (Phi) is 7.32. The van der Waals surface area contributed by atoms with E-state index < -0.39 is 0 Å². The summed E-state index contributed by atoms with van der Waals surface area (Å²) >= 11 is 0.248. The summed E-state index contributed by atoms with van der Waals surface area (Å²) in [4.78, 5) is 0.445. The van der Waals surface area contributed by atoms with Gasteiger partial charge in [0.15, 0.2) is 0 Å². The van der Waals surface area contributed by atoms with Crippen LogP contribution in [0.2, 0.25) is 4.82 Å². The van der Waals surface area contributed by atoms with Gasteiger partial charge in [0.1, 0.15) is 0 Å². The number of rotatable bonds is 8. The summed E-state index contributed by atoms with van der Waals surface area (Å²) in [6, 6.07) is 18.7. The molecule has 2 rings (SSSR count). The Labute approximate surface area is 146 Å². The second-order valence-corrected chi connectivity index (χ2v) is 8.28. The molecule has 0 aliphatic rings. The van der Waals surface area contributed by atoms with Gasteiger partial charge in [-0.25, -0.2) is 0 Å². The summed E-state index contributed by atoms with van der Waals surface area (Å²) in [5, 5.41) is 10.3. The van der Waals surface area contributed by atoms with Crippen LogP contribution in [0.5, 0.6) is 0 Å². The fourth-order valence-corrected chi connectivity index (χ4v) is 5.65. The Morgan fingerprint density at radius 2 is 1.61 bits per heavy atom. The first kappa shape index (κ1) is 18.2. The Hall–Kier alpha value is -1.12. The maximum atomic E-state index is 10.3. The fraction of sp³-hybridized carbons (Fsp3) is 0.400. The van der Waals surface area contributed by atoms with Gasteiger partial charge >= 0.3 is 146 Å². The van der Waals surface area contributed by atoms with Crippen LogP contribution in [0, 0.1) is 0 Å². The molecule has 0 radical (unpaired) electrons. The molecule has 0 heterocycles. The van der Waals surface area contributed by atoms with Crippen molar-refractivity contribution >= 4 is 19.4 Å². The third kappa shape index (κ3) is 4.68. The molecule has 2 aromatic rings. The standard InChI is InChI=1S/C20H26O2Se/c1-4-17(21)16-13-9-10-14-19(16)23-18(5-2)20(22-3)15-11-7-6-8-12-15/h6-14,17-18,20-21H,4-5H2,1-3H3/t17-,18-,20+/m0/s1. The average Bonchev–Trinajstić information content (AvgIpc) is 2.62. The predicted molar refractivity (Wildman–Crippen MR) is 97.3 cm³/mol. The third-order valence-corrected chi connectivity index (χ3v) is 7.23. The summed E-state index contributed by atoms with van der Waals surface area (Å²) in [6.45, 7) is 4.24. The zero-order valence-electron chi connectivity index (χ0n) is 14.1. The molecule has 0 unspecified atom stereocenters. The molecule has 0 saturated heterocycles. The van der Waals surface area contributed by atoms with Crippen molar-refractivity contribution in [3.05, 3.63) is 65.7 Å². The zero-order valence-corrected chi connectivity index (χ0v) is 15.8. The molecule has 1 N–H and O–H groups in total. The Bertz CT molecular complexity index is 585. The SMILES string of the molecule is CC[C@H]([Se]c1ccccc1[C@@H](O)CC)[C@H](OC)c1ccccc1. The molecule has 0 aliphatic heterocycles. The van der Waals surface area contributed by atoms with E-state index in [1.54, 1.807) is 7.11 Å². The second kappa shape index (κ2) is 9.24. The van der Waals surface area contributed by atoms with Gasteiger partial charge in [0.05, 0.1) is 0 Å². The van der Waals surface area contributed by atoms with E-state index in [0.29, 0.717) is 4.82 Å². The topological polar surface area (TPSA) is 29.5 Å². The minimum atomic E-state index is -0.372. The molecule has 0 bridgehead atoms. The van der Waals surface area contributed by atoms with Crippen LogP contribution in [0.1, 0.15) is 50.0 Å². The van der Waals surface area contributed by atoms with E-state index in [2.05, 4.69) is 49.4 Å². The van der Waals surface area contributed by atoms with Gasteiger partial charge in [0.2, 0.25) is 0 Å². The number of ether oxygens (including phenoxy) is 1. The first-order chi connectivity index (χ1) is 11.2. The van der Waals surface area contributed by atoms with Gasteiger partial charge in [-0.05, 0) is 0 Å². The number of aliphatic hydroxyl groups is 1. The first-order valence-electron chi connectivity index (χ1n) is 8.22. The van der Waals surface area contributed by atoms with Gasteiger partial charge in [-0.15, -0.1) is 0 Å². The van der Waals surface area contributed by atoms with Crippen molar-refractivity contribution in [1.82, 2.24) is 0 Å². The molecular formula is C20H26O2Se. The van der Waals surface area contributed by atoms with Crippen molar-refractivity contribution < 1.29 is 9.84 Å². The summed E-state index contributed by atoms with van der Waals surface area (Å²) in [7, 11) is 1.79. The third-order valence-electron chi connectivity index (χ3n) is 4.07. The van der Waals surface area contributed by atoms with E-state index in [-0.39, 0.29) is 27.2 Å². The molecule has 23 heavy (non-hydrogen) atoms. The van der Waals surface area contributed by atoms with Crippen LogP contribution in [0.4, 0.5) is 0 Å². The van der Waals surface area contributed by atoms with E-state index in [4.69, 9.17) is 4.74 Å². The van der Waals surface area contributed by atoms with E-state index >= 15 is 0 Å². The van der Waals surface area contributed by atoms with E-state index in [1.807, 2.05) is 19.1 Å². The van der Waals surface area contributed by atoms with Crippen molar-refractivity contribution in [2.45, 2.75) is 43.7 Å². The van der Waals surface area contributed by atoms with Crippen LogP contribution < -0.4 is 4.46 Å². The Morgan fingerprint density at radius 1 is 0.957 bits per heavy atom. The van der Waals surface area contributed by atoms with Gasteiger partial charge < -0.3 is 0 Å². The maximum absolute atomic E-state index is 10.3. The van der Waals surface area contributed by atoms with Crippen LogP contribution in [0.15, 0.2) is 54.6 Å². The predicted octanol–water partition coefficient (Wildman–Crippen LogP) is 4.05. The van der Waals surface area contributed by atoms with Crippen molar-refractivity contribution in [2.24, 2.45) is 0 Å². The monoisotopic (exact) mass is 378 g/mol. The molecule has 3 heteroatoms. The van der Waals surface area contributed by atoms with E-state index in [9.17, 15) is 5.11 Å². The Balaban J connectivity index is 2.25. The number of aliphatic hydroxyl groups excluding tert-OH is 1. The second-order valence-electron chi connectivity index (χ2n) is 5.59. The molecule has 0 spiro atoms. The summed E-state index contributed by atoms with van der Waals surface area (Å²) < 4.78 is 7.13. The molecule has 2 nitrogen and oxygen atoms in total. The molecule has 0 aromatic heterocycles. The molecule has 0 aliphatic carbocycles. The summed E-state index contributed by atoms with van der Waals surface area (Å²) in [6.07, 6.45) is 1.54. The average molecular weight is 377 g/mol. The van der Waals surface area contributed by atoms with Crippen LogP contribution in [-0.2, 0) is 4.74 Å². The van der Waals surface area contributed by atoms with Gasteiger partial charge in [-0.2, -0.15) is 0 Å². The van der Waals surface area contributed by atoms with Crippen molar-refractivity contribution in [3.63, 3.8) is 0 Å². The molecule has 0 saturated carbocycles. The Morgan fingerprint density at radius 3 is 2.22 bits per heavy atom. The van der Waals surface area contributed by atoms with Gasteiger partial charge in [-0.1, -0.05) is 0 Å². The minimum absolute atomic E-state index is 0.105. The molecule has 124 valence electrons. The molecule has 2 aromatic carbocycles. The van der Waals surface area contributed by atoms with Crippen LogP contribution in [0.3, 0.4) is 0 Å². The molecule has 3 atom stereocenters. The number of hydrogen-bond acceptors (Lipinski definition) is 2. The zero-order chi connectivity index (χ0) is 16.7. The van der Waals surface area contributed by atoms with Gasteiger partial charge in [0, 0.05) is 0 Å². The van der Waals surface area contributed by atoms with Crippen LogP contribution >= 0.6 is 0 Å². The van der Waals surface area contributed by atoms with Gasteiger partial charge in [0.25, 0.3) is 0 Å². The molecule has 0 fully saturated rings. The van der Waals surface area contributed by atoms with E-state index in [1.165, 1.54) is 10.0 Å².